The van der Waals surface area contributed by atoms with Gasteiger partial charge in [0.25, 0.3) is 0 Å². The Kier molecular flexibility index (Phi) is 3.12. The van der Waals surface area contributed by atoms with Crippen molar-refractivity contribution in [3.05, 3.63) is 11.6 Å². The van der Waals surface area contributed by atoms with Crippen molar-refractivity contribution >= 4 is 11.9 Å². The highest BCUT2D eigenvalue weighted by Crippen LogP contribution is 2.54. The molecule has 2 aliphatic carbocycles. The average molecular weight is 249 g/mol. The number of esters is 1. The topological polar surface area (TPSA) is 87.4 Å². The van der Waals surface area contributed by atoms with Gasteiger partial charge in [-0.3, -0.25) is 9.59 Å². The van der Waals surface area contributed by atoms with Crippen molar-refractivity contribution in [2.45, 2.75) is 38.2 Å². The maximum absolute atomic E-state index is 11.4. The lowest BCUT2D eigenvalue weighted by Crippen LogP contribution is -2.53. The summed E-state index contributed by atoms with van der Waals surface area (Å²) in [6, 6.07) is 2.05. The molecular formula is C13H15NO4. The molecule has 18 heavy (non-hydrogen) atoms. The first-order valence-corrected chi connectivity index (χ1v) is 6.05. The minimum Gasteiger partial charge on any atom is -0.481 e. The smallest absolute Gasteiger partial charge is 0.318 e. The first-order valence-electron chi connectivity index (χ1n) is 6.05. The molecule has 0 heterocycles. The van der Waals surface area contributed by atoms with E-state index in [1.807, 2.05) is 6.08 Å². The van der Waals surface area contributed by atoms with Crippen LogP contribution in [0, 0.1) is 23.2 Å². The Balaban J connectivity index is 2.06. The quantitative estimate of drug-likeness (QED) is 0.465. The highest BCUT2D eigenvalue weighted by Gasteiger charge is 2.58. The fourth-order valence-electron chi connectivity index (χ4n) is 2.88. The molecule has 1 fully saturated rings. The summed E-state index contributed by atoms with van der Waals surface area (Å²) in [5.74, 6) is -1.76. The third-order valence-corrected chi connectivity index (χ3v) is 3.79. The second-order valence-electron chi connectivity index (χ2n) is 4.92. The summed E-state index contributed by atoms with van der Waals surface area (Å²) in [6.07, 6.45) is 3.74. The number of hydrogen-bond acceptors (Lipinski definition) is 4. The molecule has 2 aliphatic rings. The number of ether oxygens (including phenoxy) is 1. The Labute approximate surface area is 105 Å². The van der Waals surface area contributed by atoms with E-state index in [-0.39, 0.29) is 5.92 Å². The lowest BCUT2D eigenvalue weighted by molar-refractivity contribution is -0.175. The molecule has 0 unspecified atom stereocenters. The number of carboxylic acid groups (broad SMARTS) is 1. The van der Waals surface area contributed by atoms with Gasteiger partial charge in [-0.2, -0.15) is 5.26 Å². The molecule has 1 N–H and O–H groups in total. The van der Waals surface area contributed by atoms with Crippen molar-refractivity contribution < 1.29 is 19.4 Å². The summed E-state index contributed by atoms with van der Waals surface area (Å²) in [5, 5.41) is 17.7. The molecule has 96 valence electrons. The minimum atomic E-state index is -1.24. The molecule has 0 amide bonds. The number of fused-ring (bicyclic) bond motifs is 1. The lowest BCUT2D eigenvalue weighted by atomic mass is 9.63. The molecular weight excluding hydrogens is 234 g/mol. The predicted molar refractivity (Wildman–Crippen MR) is 61.3 cm³/mol. The van der Waals surface area contributed by atoms with E-state index in [4.69, 9.17) is 9.84 Å². The summed E-state index contributed by atoms with van der Waals surface area (Å²) >= 11 is 0. The fraction of sp³-hybridized carbons (Fsp3) is 0.615. The molecule has 0 aliphatic heterocycles. The van der Waals surface area contributed by atoms with Gasteiger partial charge in [-0.15, -0.1) is 0 Å². The molecule has 0 bridgehead atoms. The Morgan fingerprint density at radius 3 is 2.94 bits per heavy atom. The molecule has 0 aromatic rings. The van der Waals surface area contributed by atoms with Crippen LogP contribution in [0.5, 0.6) is 0 Å². The molecule has 0 aromatic heterocycles. The number of rotatable bonds is 4. The summed E-state index contributed by atoms with van der Waals surface area (Å²) in [5.41, 5.74) is 0.158. The number of carboxylic acids is 1. The molecule has 0 radical (unpaired) electrons. The van der Waals surface area contributed by atoms with Gasteiger partial charge in [0, 0.05) is 12.3 Å². The predicted octanol–water partition coefficient (Wildman–Crippen LogP) is 1.64. The van der Waals surface area contributed by atoms with Crippen LogP contribution in [0.15, 0.2) is 11.6 Å². The monoisotopic (exact) mass is 249 g/mol. The zero-order valence-corrected chi connectivity index (χ0v) is 10.2. The third-order valence-electron chi connectivity index (χ3n) is 3.79. The third kappa shape index (κ3) is 1.99. The van der Waals surface area contributed by atoms with Crippen LogP contribution in [0.2, 0.25) is 0 Å². The first kappa shape index (κ1) is 12.6. The number of allylic oxidation sites excluding steroid dienone is 1. The number of nitrogens with zero attached hydrogens (tertiary/aromatic N) is 1. The van der Waals surface area contributed by atoms with Crippen LogP contribution < -0.4 is 0 Å². The summed E-state index contributed by atoms with van der Waals surface area (Å²) in [7, 11) is 0. The van der Waals surface area contributed by atoms with Crippen molar-refractivity contribution in [3.63, 3.8) is 0 Å². The molecule has 0 aromatic carbocycles. The van der Waals surface area contributed by atoms with Crippen LogP contribution in [0.4, 0.5) is 0 Å². The van der Waals surface area contributed by atoms with Crippen molar-refractivity contribution in [2.24, 2.45) is 11.8 Å². The SMILES string of the molecule is CCC1=C[C@@H]2[C@H](C1)C[C@@]2(C#N)OC(=O)CC(=O)O. The van der Waals surface area contributed by atoms with Crippen LogP contribution in [0.25, 0.3) is 0 Å². The summed E-state index contributed by atoms with van der Waals surface area (Å²) in [6.45, 7) is 2.06. The van der Waals surface area contributed by atoms with Crippen molar-refractivity contribution in [3.8, 4) is 6.07 Å². The van der Waals surface area contributed by atoms with Crippen LogP contribution in [-0.2, 0) is 14.3 Å². The Bertz CT molecular complexity index is 462. The van der Waals surface area contributed by atoms with E-state index in [1.165, 1.54) is 5.57 Å². The van der Waals surface area contributed by atoms with E-state index < -0.39 is 24.0 Å². The molecule has 2 rings (SSSR count). The number of hydrogen-bond donors (Lipinski definition) is 1. The van der Waals surface area contributed by atoms with Gasteiger partial charge in [-0.05, 0) is 18.8 Å². The van der Waals surface area contributed by atoms with Gasteiger partial charge in [-0.1, -0.05) is 18.6 Å². The van der Waals surface area contributed by atoms with Crippen molar-refractivity contribution in [2.75, 3.05) is 0 Å². The van der Waals surface area contributed by atoms with E-state index in [0.717, 1.165) is 12.8 Å². The maximum atomic E-state index is 11.4. The Morgan fingerprint density at radius 2 is 2.39 bits per heavy atom. The van der Waals surface area contributed by atoms with Crippen LogP contribution in [0.3, 0.4) is 0 Å². The largest absolute Gasteiger partial charge is 0.481 e. The highest BCUT2D eigenvalue weighted by molar-refractivity contribution is 5.90. The van der Waals surface area contributed by atoms with E-state index in [0.29, 0.717) is 12.3 Å². The van der Waals surface area contributed by atoms with Gasteiger partial charge in [-0.25, -0.2) is 0 Å². The number of carbonyl (C=O) groups excluding carboxylic acids is 1. The fourth-order valence-corrected chi connectivity index (χ4v) is 2.88. The number of carbonyl (C=O) groups is 2. The van der Waals surface area contributed by atoms with E-state index in [2.05, 4.69) is 13.0 Å². The lowest BCUT2D eigenvalue weighted by Gasteiger charge is -2.45. The van der Waals surface area contributed by atoms with Gasteiger partial charge in [0.15, 0.2) is 0 Å². The molecule has 3 atom stereocenters. The van der Waals surface area contributed by atoms with Gasteiger partial charge in [0.05, 0.1) is 0 Å². The first-order chi connectivity index (χ1) is 8.50. The van der Waals surface area contributed by atoms with E-state index in [1.54, 1.807) is 0 Å². The number of aliphatic carboxylic acids is 1. The van der Waals surface area contributed by atoms with Crippen LogP contribution in [-0.4, -0.2) is 22.6 Å². The Morgan fingerprint density at radius 1 is 1.67 bits per heavy atom. The zero-order chi connectivity index (χ0) is 13.3. The average Bonchev–Trinajstić information content (AvgIpc) is 2.63. The van der Waals surface area contributed by atoms with Crippen LogP contribution in [0.1, 0.15) is 32.6 Å². The normalized spacial score (nSPS) is 32.8. The highest BCUT2D eigenvalue weighted by atomic mass is 16.6. The Hall–Kier alpha value is -1.83. The second-order valence-corrected chi connectivity index (χ2v) is 4.92. The summed E-state index contributed by atoms with van der Waals surface area (Å²) < 4.78 is 5.12. The molecule has 5 heteroatoms. The molecule has 1 saturated carbocycles. The van der Waals surface area contributed by atoms with Gasteiger partial charge in [0.1, 0.15) is 12.5 Å². The zero-order valence-electron chi connectivity index (χ0n) is 10.2. The molecule has 0 spiro atoms. The minimum absolute atomic E-state index is 0.0600. The standard InChI is InChI=1S/C13H15NO4/c1-2-8-3-9-6-13(7-14,10(9)4-8)18-12(17)5-11(15)16/h4,9-10H,2-3,5-6H2,1H3,(H,15,16)/t9-,10-,13+/m1/s1. The van der Waals surface area contributed by atoms with Crippen molar-refractivity contribution in [1.29, 1.82) is 5.26 Å². The van der Waals surface area contributed by atoms with E-state index in [9.17, 15) is 14.9 Å². The van der Waals surface area contributed by atoms with Gasteiger partial charge >= 0.3 is 11.9 Å². The van der Waals surface area contributed by atoms with Gasteiger partial charge < -0.3 is 9.84 Å². The number of nitriles is 1. The van der Waals surface area contributed by atoms with Crippen LogP contribution >= 0.6 is 0 Å². The van der Waals surface area contributed by atoms with E-state index >= 15 is 0 Å². The maximum Gasteiger partial charge on any atom is 0.318 e. The van der Waals surface area contributed by atoms with Gasteiger partial charge in [0.2, 0.25) is 5.60 Å². The second kappa shape index (κ2) is 4.45. The molecule has 0 saturated heterocycles. The summed E-state index contributed by atoms with van der Waals surface area (Å²) in [4.78, 5) is 21.8. The van der Waals surface area contributed by atoms with Crippen molar-refractivity contribution in [1.82, 2.24) is 0 Å². The molecule has 5 nitrogen and oxygen atoms in total.